The SMILES string of the molecule is O=C(NCCCCCCBr)c1cnn(-c2ccccc2)c1. The van der Waals surface area contributed by atoms with Crippen LogP contribution in [0.2, 0.25) is 0 Å². The van der Waals surface area contributed by atoms with Gasteiger partial charge in [0.1, 0.15) is 0 Å². The van der Waals surface area contributed by atoms with E-state index in [0.29, 0.717) is 5.56 Å². The summed E-state index contributed by atoms with van der Waals surface area (Å²) in [5.41, 5.74) is 1.55. The molecule has 0 aliphatic rings. The van der Waals surface area contributed by atoms with Gasteiger partial charge in [0.15, 0.2) is 0 Å². The van der Waals surface area contributed by atoms with Crippen LogP contribution >= 0.6 is 15.9 Å². The number of rotatable bonds is 8. The van der Waals surface area contributed by atoms with Gasteiger partial charge in [0.25, 0.3) is 5.91 Å². The van der Waals surface area contributed by atoms with Crippen molar-refractivity contribution < 1.29 is 4.79 Å². The summed E-state index contributed by atoms with van der Waals surface area (Å²) in [5.74, 6) is -0.0577. The molecule has 0 unspecified atom stereocenters. The number of nitrogens with one attached hydrogen (secondary N) is 1. The molecule has 4 nitrogen and oxygen atoms in total. The largest absolute Gasteiger partial charge is 0.352 e. The summed E-state index contributed by atoms with van der Waals surface area (Å²) in [6, 6.07) is 9.76. The Hall–Kier alpha value is -1.62. The average molecular weight is 350 g/mol. The number of aromatic nitrogens is 2. The molecular formula is C16H20BrN3O. The predicted octanol–water partition coefficient (Wildman–Crippen LogP) is 3.56. The summed E-state index contributed by atoms with van der Waals surface area (Å²) in [7, 11) is 0. The fourth-order valence-electron chi connectivity index (χ4n) is 2.04. The zero-order valence-corrected chi connectivity index (χ0v) is 13.6. The first-order valence-electron chi connectivity index (χ1n) is 7.25. The maximum atomic E-state index is 12.0. The molecule has 5 heteroatoms. The van der Waals surface area contributed by atoms with E-state index in [0.717, 1.165) is 30.4 Å². The van der Waals surface area contributed by atoms with E-state index in [4.69, 9.17) is 0 Å². The first-order valence-corrected chi connectivity index (χ1v) is 8.37. The monoisotopic (exact) mass is 349 g/mol. The van der Waals surface area contributed by atoms with Crippen LogP contribution < -0.4 is 5.32 Å². The Kier molecular flexibility index (Phi) is 6.47. The van der Waals surface area contributed by atoms with Crippen LogP contribution in [0.4, 0.5) is 0 Å². The first-order chi connectivity index (χ1) is 10.3. The van der Waals surface area contributed by atoms with E-state index in [1.165, 1.54) is 12.8 Å². The second-order valence-corrected chi connectivity index (χ2v) is 5.66. The minimum atomic E-state index is -0.0577. The van der Waals surface area contributed by atoms with Gasteiger partial charge in [0.2, 0.25) is 0 Å². The molecule has 1 amide bonds. The molecule has 2 aromatic rings. The third-order valence-electron chi connectivity index (χ3n) is 3.21. The molecule has 0 spiro atoms. The second-order valence-electron chi connectivity index (χ2n) is 4.87. The van der Waals surface area contributed by atoms with E-state index in [9.17, 15) is 4.79 Å². The van der Waals surface area contributed by atoms with Crippen molar-refractivity contribution >= 4 is 21.8 Å². The highest BCUT2D eigenvalue weighted by atomic mass is 79.9. The summed E-state index contributed by atoms with van der Waals surface area (Å²) in [6.07, 6.45) is 7.92. The Balaban J connectivity index is 1.80. The number of carbonyl (C=O) groups is 1. The van der Waals surface area contributed by atoms with E-state index < -0.39 is 0 Å². The minimum absolute atomic E-state index is 0.0577. The van der Waals surface area contributed by atoms with E-state index in [2.05, 4.69) is 26.3 Å². The van der Waals surface area contributed by atoms with Crippen LogP contribution in [0.1, 0.15) is 36.0 Å². The topological polar surface area (TPSA) is 46.9 Å². The van der Waals surface area contributed by atoms with Crippen LogP contribution in [0.3, 0.4) is 0 Å². The molecule has 1 aromatic heterocycles. The number of halogens is 1. The minimum Gasteiger partial charge on any atom is -0.352 e. The second kappa shape index (κ2) is 8.62. The lowest BCUT2D eigenvalue weighted by Crippen LogP contribution is -2.24. The van der Waals surface area contributed by atoms with Crippen molar-refractivity contribution in [1.82, 2.24) is 15.1 Å². The molecule has 21 heavy (non-hydrogen) atoms. The van der Waals surface area contributed by atoms with Crippen molar-refractivity contribution in [1.29, 1.82) is 0 Å². The Morgan fingerprint density at radius 3 is 2.67 bits per heavy atom. The molecule has 1 N–H and O–H groups in total. The van der Waals surface area contributed by atoms with Crippen LogP contribution in [-0.2, 0) is 0 Å². The molecule has 2 rings (SSSR count). The highest BCUT2D eigenvalue weighted by molar-refractivity contribution is 9.09. The van der Waals surface area contributed by atoms with Gasteiger partial charge in [0.05, 0.1) is 17.4 Å². The van der Waals surface area contributed by atoms with E-state index in [-0.39, 0.29) is 5.91 Å². The van der Waals surface area contributed by atoms with Gasteiger partial charge in [-0.25, -0.2) is 4.68 Å². The molecule has 0 atom stereocenters. The van der Waals surface area contributed by atoms with E-state index in [1.54, 1.807) is 17.1 Å². The molecule has 0 bridgehead atoms. The van der Waals surface area contributed by atoms with Crippen molar-refractivity contribution in [2.45, 2.75) is 25.7 Å². The van der Waals surface area contributed by atoms with Crippen LogP contribution in [-0.4, -0.2) is 27.6 Å². The van der Waals surface area contributed by atoms with Crippen molar-refractivity contribution in [3.8, 4) is 5.69 Å². The maximum absolute atomic E-state index is 12.0. The molecule has 0 saturated heterocycles. The molecule has 1 aromatic carbocycles. The van der Waals surface area contributed by atoms with E-state index >= 15 is 0 Å². The van der Waals surface area contributed by atoms with Gasteiger partial charge in [-0.1, -0.05) is 47.0 Å². The van der Waals surface area contributed by atoms with Crippen molar-refractivity contribution in [3.63, 3.8) is 0 Å². The van der Waals surface area contributed by atoms with Gasteiger partial charge in [-0.2, -0.15) is 5.10 Å². The van der Waals surface area contributed by atoms with Crippen LogP contribution in [0.25, 0.3) is 5.69 Å². The fraction of sp³-hybridized carbons (Fsp3) is 0.375. The van der Waals surface area contributed by atoms with Crippen molar-refractivity contribution in [3.05, 3.63) is 48.3 Å². The Labute approximate surface area is 133 Å². The van der Waals surface area contributed by atoms with Crippen LogP contribution in [0.15, 0.2) is 42.7 Å². The molecule has 0 aliphatic heterocycles. The summed E-state index contributed by atoms with van der Waals surface area (Å²) < 4.78 is 1.71. The zero-order chi connectivity index (χ0) is 14.9. The number of nitrogens with zero attached hydrogens (tertiary/aromatic N) is 2. The maximum Gasteiger partial charge on any atom is 0.254 e. The molecule has 1 heterocycles. The van der Waals surface area contributed by atoms with E-state index in [1.807, 2.05) is 30.3 Å². The molecule has 0 radical (unpaired) electrons. The number of alkyl halides is 1. The molecule has 0 saturated carbocycles. The number of hydrogen-bond donors (Lipinski definition) is 1. The lowest BCUT2D eigenvalue weighted by Gasteiger charge is -2.03. The lowest BCUT2D eigenvalue weighted by molar-refractivity contribution is 0.0953. The Bertz CT molecular complexity index is 554. The third-order valence-corrected chi connectivity index (χ3v) is 3.77. The molecule has 0 fully saturated rings. The Morgan fingerprint density at radius 2 is 1.90 bits per heavy atom. The zero-order valence-electron chi connectivity index (χ0n) is 12.0. The van der Waals surface area contributed by atoms with Gasteiger partial charge in [-0.15, -0.1) is 0 Å². The lowest BCUT2D eigenvalue weighted by atomic mass is 10.2. The van der Waals surface area contributed by atoms with Gasteiger partial charge >= 0.3 is 0 Å². The average Bonchev–Trinajstić information content (AvgIpc) is 3.01. The fourth-order valence-corrected chi connectivity index (χ4v) is 2.44. The highest BCUT2D eigenvalue weighted by Crippen LogP contribution is 2.07. The number of carbonyl (C=O) groups excluding carboxylic acids is 1. The number of benzene rings is 1. The first kappa shape index (κ1) is 15.8. The smallest absolute Gasteiger partial charge is 0.254 e. The number of hydrogen-bond acceptors (Lipinski definition) is 2. The predicted molar refractivity (Wildman–Crippen MR) is 88.2 cm³/mol. The Morgan fingerprint density at radius 1 is 1.14 bits per heavy atom. The molecule has 112 valence electrons. The van der Waals surface area contributed by atoms with Crippen LogP contribution in [0, 0.1) is 0 Å². The highest BCUT2D eigenvalue weighted by Gasteiger charge is 2.08. The van der Waals surface area contributed by atoms with Gasteiger partial charge in [-0.05, 0) is 25.0 Å². The number of amides is 1. The summed E-state index contributed by atoms with van der Waals surface area (Å²) in [5, 5.41) is 8.22. The number of unbranched alkanes of at least 4 members (excludes halogenated alkanes) is 3. The summed E-state index contributed by atoms with van der Waals surface area (Å²) in [4.78, 5) is 12.0. The molecule has 0 aliphatic carbocycles. The van der Waals surface area contributed by atoms with Crippen LogP contribution in [0.5, 0.6) is 0 Å². The summed E-state index contributed by atoms with van der Waals surface area (Å²) in [6.45, 7) is 0.720. The van der Waals surface area contributed by atoms with Gasteiger partial charge in [0, 0.05) is 18.1 Å². The quantitative estimate of drug-likeness (QED) is 0.585. The summed E-state index contributed by atoms with van der Waals surface area (Å²) >= 11 is 3.41. The number of para-hydroxylation sites is 1. The standard InChI is InChI=1S/C16H20BrN3O/c17-10-6-1-2-7-11-18-16(21)14-12-19-20(13-14)15-8-4-3-5-9-15/h3-5,8-9,12-13H,1-2,6-7,10-11H2,(H,18,21). The van der Waals surface area contributed by atoms with Crippen molar-refractivity contribution in [2.75, 3.05) is 11.9 Å². The van der Waals surface area contributed by atoms with Gasteiger partial charge in [-0.3, -0.25) is 4.79 Å². The molecular weight excluding hydrogens is 330 g/mol. The normalized spacial score (nSPS) is 10.5. The van der Waals surface area contributed by atoms with Gasteiger partial charge < -0.3 is 5.32 Å². The van der Waals surface area contributed by atoms with Crippen molar-refractivity contribution in [2.24, 2.45) is 0 Å². The third kappa shape index (κ3) is 5.01.